The second kappa shape index (κ2) is 7.42. The highest BCUT2D eigenvalue weighted by molar-refractivity contribution is 7.89. The van der Waals surface area contributed by atoms with Gasteiger partial charge in [0.25, 0.3) is 5.91 Å². The van der Waals surface area contributed by atoms with Crippen LogP contribution in [0.1, 0.15) is 44.0 Å². The minimum atomic E-state index is -3.65. The van der Waals surface area contributed by atoms with E-state index in [2.05, 4.69) is 6.92 Å². The summed E-state index contributed by atoms with van der Waals surface area (Å²) in [6, 6.07) is 4.17. The van der Waals surface area contributed by atoms with Gasteiger partial charge < -0.3 is 4.90 Å². The molecule has 0 radical (unpaired) electrons. The number of piperidine rings is 1. The molecular weight excluding hydrogens is 348 g/mol. The molecular formula is C17H25ClN2O3S. The largest absolute Gasteiger partial charge is 0.338 e. The van der Waals surface area contributed by atoms with E-state index >= 15 is 0 Å². The normalized spacial score (nSPS) is 19.1. The van der Waals surface area contributed by atoms with Crippen LogP contribution in [0.5, 0.6) is 0 Å². The monoisotopic (exact) mass is 372 g/mol. The minimum Gasteiger partial charge on any atom is -0.338 e. The number of sulfonamides is 1. The van der Waals surface area contributed by atoms with E-state index in [1.807, 2.05) is 0 Å². The van der Waals surface area contributed by atoms with Gasteiger partial charge in [0.05, 0.1) is 15.5 Å². The molecule has 1 aromatic carbocycles. The molecule has 1 saturated heterocycles. The van der Waals surface area contributed by atoms with Gasteiger partial charge in [-0.1, -0.05) is 18.5 Å². The van der Waals surface area contributed by atoms with Crippen molar-refractivity contribution in [2.75, 3.05) is 20.1 Å². The Morgan fingerprint density at radius 1 is 1.38 bits per heavy atom. The first-order chi connectivity index (χ1) is 11.1. The van der Waals surface area contributed by atoms with Crippen molar-refractivity contribution in [3.63, 3.8) is 0 Å². The van der Waals surface area contributed by atoms with Crippen molar-refractivity contribution in [2.45, 2.75) is 44.6 Å². The molecule has 5 nitrogen and oxygen atoms in total. The van der Waals surface area contributed by atoms with Gasteiger partial charge >= 0.3 is 0 Å². The smallest absolute Gasteiger partial charge is 0.255 e. The van der Waals surface area contributed by atoms with Crippen molar-refractivity contribution in [1.29, 1.82) is 0 Å². The van der Waals surface area contributed by atoms with Crippen LogP contribution in [-0.4, -0.2) is 49.7 Å². The standard InChI is InChI=1S/C17H25ClN2O3S/c1-12(2)19(4)24(22,23)14-7-8-16(18)15(10-14)17(21)20-9-5-6-13(3)11-20/h7-8,10,12-13H,5-6,9,11H2,1-4H3/t13-/m0/s1. The molecule has 0 unspecified atom stereocenters. The van der Waals surface area contributed by atoms with Gasteiger partial charge in [0.2, 0.25) is 10.0 Å². The number of carbonyl (C=O) groups excluding carboxylic acids is 1. The van der Waals surface area contributed by atoms with Crippen LogP contribution in [-0.2, 0) is 10.0 Å². The lowest BCUT2D eigenvalue weighted by Crippen LogP contribution is -2.39. The molecule has 1 amide bonds. The molecule has 0 spiro atoms. The maximum Gasteiger partial charge on any atom is 0.255 e. The number of rotatable bonds is 4. The van der Waals surface area contributed by atoms with Gasteiger partial charge in [0, 0.05) is 26.2 Å². The van der Waals surface area contributed by atoms with Crippen molar-refractivity contribution in [3.8, 4) is 0 Å². The second-order valence-corrected chi connectivity index (χ2v) is 9.16. The number of hydrogen-bond donors (Lipinski definition) is 0. The molecule has 0 saturated carbocycles. The molecule has 0 aliphatic carbocycles. The van der Waals surface area contributed by atoms with Crippen molar-refractivity contribution in [3.05, 3.63) is 28.8 Å². The average molecular weight is 373 g/mol. The first-order valence-corrected chi connectivity index (χ1v) is 10.0. The third-order valence-electron chi connectivity index (χ3n) is 4.52. The maximum atomic E-state index is 12.8. The topological polar surface area (TPSA) is 57.7 Å². The summed E-state index contributed by atoms with van der Waals surface area (Å²) in [5.74, 6) is 0.247. The molecule has 134 valence electrons. The zero-order valence-corrected chi connectivity index (χ0v) is 16.2. The van der Waals surface area contributed by atoms with Crippen molar-refractivity contribution in [1.82, 2.24) is 9.21 Å². The molecule has 0 aromatic heterocycles. The predicted molar refractivity (Wildman–Crippen MR) is 95.8 cm³/mol. The number of likely N-dealkylation sites (tertiary alicyclic amines) is 1. The molecule has 24 heavy (non-hydrogen) atoms. The van der Waals surface area contributed by atoms with E-state index in [1.165, 1.54) is 29.6 Å². The van der Waals surface area contributed by atoms with Crippen LogP contribution in [0.3, 0.4) is 0 Å². The molecule has 0 N–H and O–H groups in total. The third-order valence-corrected chi connectivity index (χ3v) is 6.88. The predicted octanol–water partition coefficient (Wildman–Crippen LogP) is 3.24. The number of amides is 1. The van der Waals surface area contributed by atoms with Gasteiger partial charge in [-0.2, -0.15) is 4.31 Å². The fourth-order valence-electron chi connectivity index (χ4n) is 2.82. The van der Waals surface area contributed by atoms with Crippen LogP contribution >= 0.6 is 11.6 Å². The van der Waals surface area contributed by atoms with Crippen LogP contribution < -0.4 is 0 Å². The van der Waals surface area contributed by atoms with E-state index in [0.717, 1.165) is 12.8 Å². The Kier molecular flexibility index (Phi) is 5.94. The summed E-state index contributed by atoms with van der Waals surface area (Å²) < 4.78 is 26.6. The Labute approximate surface area is 149 Å². The fourth-order valence-corrected chi connectivity index (χ4v) is 4.41. The average Bonchev–Trinajstić information content (AvgIpc) is 2.53. The van der Waals surface area contributed by atoms with Gasteiger partial charge in [-0.25, -0.2) is 8.42 Å². The lowest BCUT2D eigenvalue weighted by atomic mass is 9.99. The van der Waals surface area contributed by atoms with Crippen molar-refractivity contribution in [2.24, 2.45) is 5.92 Å². The summed E-state index contributed by atoms with van der Waals surface area (Å²) in [4.78, 5) is 14.6. The van der Waals surface area contributed by atoms with Crippen LogP contribution in [0.15, 0.2) is 23.1 Å². The minimum absolute atomic E-state index is 0.0940. The quantitative estimate of drug-likeness (QED) is 0.815. The summed E-state index contributed by atoms with van der Waals surface area (Å²) in [6.07, 6.45) is 2.06. The zero-order chi connectivity index (χ0) is 18.1. The summed E-state index contributed by atoms with van der Waals surface area (Å²) in [7, 11) is -2.12. The summed E-state index contributed by atoms with van der Waals surface area (Å²) >= 11 is 6.18. The Morgan fingerprint density at radius 2 is 2.04 bits per heavy atom. The highest BCUT2D eigenvalue weighted by atomic mass is 35.5. The first-order valence-electron chi connectivity index (χ1n) is 8.21. The molecule has 1 aromatic rings. The van der Waals surface area contributed by atoms with Gasteiger partial charge in [0.15, 0.2) is 0 Å². The van der Waals surface area contributed by atoms with E-state index in [-0.39, 0.29) is 27.4 Å². The number of carbonyl (C=O) groups is 1. The molecule has 1 aliphatic heterocycles. The Bertz CT molecular complexity index is 719. The van der Waals surface area contributed by atoms with Crippen molar-refractivity contribution >= 4 is 27.5 Å². The highest BCUT2D eigenvalue weighted by Gasteiger charge is 2.27. The second-order valence-electron chi connectivity index (χ2n) is 6.76. The SMILES string of the molecule is CC(C)N(C)S(=O)(=O)c1ccc(Cl)c(C(=O)N2CCC[C@H](C)C2)c1. The van der Waals surface area contributed by atoms with Crippen LogP contribution in [0, 0.1) is 5.92 Å². The van der Waals surface area contributed by atoms with E-state index in [4.69, 9.17) is 11.6 Å². The Balaban J connectivity index is 2.37. The van der Waals surface area contributed by atoms with Gasteiger partial charge in [-0.15, -0.1) is 0 Å². The molecule has 1 heterocycles. The molecule has 0 bridgehead atoms. The molecule has 2 rings (SSSR count). The fraction of sp³-hybridized carbons (Fsp3) is 0.588. The van der Waals surface area contributed by atoms with E-state index in [0.29, 0.717) is 19.0 Å². The van der Waals surface area contributed by atoms with Gasteiger partial charge in [-0.3, -0.25) is 4.79 Å². The number of halogens is 1. The summed E-state index contributed by atoms with van der Waals surface area (Å²) in [5.41, 5.74) is 0.254. The Hall–Kier alpha value is -1.11. The molecule has 7 heteroatoms. The van der Waals surface area contributed by atoms with Crippen LogP contribution in [0.4, 0.5) is 0 Å². The van der Waals surface area contributed by atoms with Gasteiger partial charge in [-0.05, 0) is 50.8 Å². The lowest BCUT2D eigenvalue weighted by molar-refractivity contribution is 0.0683. The molecule has 1 aliphatic rings. The van der Waals surface area contributed by atoms with Crippen LogP contribution in [0.25, 0.3) is 0 Å². The molecule has 1 fully saturated rings. The molecule has 1 atom stereocenters. The van der Waals surface area contributed by atoms with E-state index in [1.54, 1.807) is 18.7 Å². The van der Waals surface area contributed by atoms with E-state index < -0.39 is 10.0 Å². The third kappa shape index (κ3) is 3.92. The number of nitrogens with zero attached hydrogens (tertiary/aromatic N) is 2. The number of benzene rings is 1. The highest BCUT2D eigenvalue weighted by Crippen LogP contribution is 2.26. The van der Waals surface area contributed by atoms with Crippen molar-refractivity contribution < 1.29 is 13.2 Å². The van der Waals surface area contributed by atoms with Gasteiger partial charge in [0.1, 0.15) is 0 Å². The van der Waals surface area contributed by atoms with E-state index in [9.17, 15) is 13.2 Å². The Morgan fingerprint density at radius 3 is 2.62 bits per heavy atom. The van der Waals surface area contributed by atoms with Crippen LogP contribution in [0.2, 0.25) is 5.02 Å². The first kappa shape index (κ1) is 19.2. The number of hydrogen-bond acceptors (Lipinski definition) is 3. The summed E-state index contributed by atoms with van der Waals surface area (Å²) in [5, 5.41) is 0.282. The lowest BCUT2D eigenvalue weighted by Gasteiger charge is -2.31. The summed E-state index contributed by atoms with van der Waals surface area (Å²) in [6.45, 7) is 7.07. The zero-order valence-electron chi connectivity index (χ0n) is 14.6. The maximum absolute atomic E-state index is 12.8.